The Labute approximate surface area is 103 Å². The quantitative estimate of drug-likeness (QED) is 0.802. The molecule has 1 aliphatic carbocycles. The monoisotopic (exact) mass is 235 g/mol. The van der Waals surface area contributed by atoms with Gasteiger partial charge in [0.15, 0.2) is 0 Å². The summed E-state index contributed by atoms with van der Waals surface area (Å²) in [7, 11) is 0. The second-order valence-electron chi connectivity index (χ2n) is 5.45. The molecule has 3 unspecified atom stereocenters. The molecular weight excluding hydrogens is 213 g/mol. The van der Waals surface area contributed by atoms with Gasteiger partial charge in [0.25, 0.3) is 0 Å². The molecule has 17 heavy (non-hydrogen) atoms. The van der Waals surface area contributed by atoms with Crippen LogP contribution in [0.3, 0.4) is 0 Å². The first-order valence-corrected chi connectivity index (χ1v) is 6.61. The summed E-state index contributed by atoms with van der Waals surface area (Å²) < 4.78 is 13.9. The summed E-state index contributed by atoms with van der Waals surface area (Å²) >= 11 is 0. The number of halogens is 1. The van der Waals surface area contributed by atoms with Crippen LogP contribution < -0.4 is 5.32 Å². The Bertz CT molecular complexity index is 389. The van der Waals surface area contributed by atoms with Crippen molar-refractivity contribution < 1.29 is 4.39 Å². The summed E-state index contributed by atoms with van der Waals surface area (Å²) in [6, 6.07) is 5.98. The van der Waals surface area contributed by atoms with Crippen molar-refractivity contribution in [1.29, 1.82) is 0 Å². The Balaban J connectivity index is 2.12. The average Bonchev–Trinajstić information content (AvgIpc) is 2.31. The van der Waals surface area contributed by atoms with E-state index in [9.17, 15) is 4.39 Å². The SMILES string of the molecule is Cc1cccc(NC2CCCC(C)C2C)c1F. The second kappa shape index (κ2) is 5.07. The van der Waals surface area contributed by atoms with E-state index in [1.807, 2.05) is 25.1 Å². The summed E-state index contributed by atoms with van der Waals surface area (Å²) in [5.41, 5.74) is 1.38. The normalized spacial score (nSPS) is 29.1. The summed E-state index contributed by atoms with van der Waals surface area (Å²) in [6.07, 6.45) is 3.70. The van der Waals surface area contributed by atoms with E-state index in [1.165, 1.54) is 12.8 Å². The Morgan fingerprint density at radius 1 is 1.24 bits per heavy atom. The summed E-state index contributed by atoms with van der Waals surface area (Å²) in [4.78, 5) is 0. The molecule has 0 heterocycles. The molecule has 0 saturated heterocycles. The van der Waals surface area contributed by atoms with E-state index in [1.54, 1.807) is 0 Å². The molecule has 1 N–H and O–H groups in total. The fourth-order valence-electron chi connectivity index (χ4n) is 2.74. The molecule has 0 bridgehead atoms. The Morgan fingerprint density at radius 2 is 2.00 bits per heavy atom. The summed E-state index contributed by atoms with van der Waals surface area (Å²) in [5.74, 6) is 1.25. The number of anilines is 1. The van der Waals surface area contributed by atoms with Crippen LogP contribution in [0, 0.1) is 24.6 Å². The highest BCUT2D eigenvalue weighted by molar-refractivity contribution is 5.48. The molecule has 1 aromatic rings. The number of aryl methyl sites for hydroxylation is 1. The molecule has 1 aliphatic rings. The maximum atomic E-state index is 13.9. The van der Waals surface area contributed by atoms with E-state index in [-0.39, 0.29) is 5.82 Å². The number of nitrogens with one attached hydrogen (secondary N) is 1. The van der Waals surface area contributed by atoms with Crippen molar-refractivity contribution in [3.63, 3.8) is 0 Å². The summed E-state index contributed by atoms with van der Waals surface area (Å²) in [6.45, 7) is 6.38. The fourth-order valence-corrected chi connectivity index (χ4v) is 2.74. The van der Waals surface area contributed by atoms with Crippen LogP contribution in [0.25, 0.3) is 0 Å². The molecule has 1 aromatic carbocycles. The van der Waals surface area contributed by atoms with Gasteiger partial charge in [-0.1, -0.05) is 38.8 Å². The number of hydrogen-bond acceptors (Lipinski definition) is 1. The Morgan fingerprint density at radius 3 is 2.76 bits per heavy atom. The van der Waals surface area contributed by atoms with Gasteiger partial charge in [0.05, 0.1) is 5.69 Å². The molecule has 1 saturated carbocycles. The van der Waals surface area contributed by atoms with Crippen molar-refractivity contribution in [3.05, 3.63) is 29.6 Å². The van der Waals surface area contributed by atoms with E-state index in [0.717, 1.165) is 12.3 Å². The Kier molecular flexibility index (Phi) is 3.70. The minimum Gasteiger partial charge on any atom is -0.380 e. The number of rotatable bonds is 2. The van der Waals surface area contributed by atoms with Crippen molar-refractivity contribution in [2.75, 3.05) is 5.32 Å². The first kappa shape index (κ1) is 12.4. The predicted molar refractivity (Wildman–Crippen MR) is 70.7 cm³/mol. The molecule has 94 valence electrons. The van der Waals surface area contributed by atoms with Crippen LogP contribution in [-0.2, 0) is 0 Å². The zero-order valence-electron chi connectivity index (χ0n) is 11.0. The van der Waals surface area contributed by atoms with Crippen molar-refractivity contribution in [2.24, 2.45) is 11.8 Å². The standard InChI is InChI=1S/C15H22FN/c1-10-6-4-8-13(12(10)3)17-14-9-5-7-11(2)15(14)16/h5,7,9-10,12-13,17H,4,6,8H2,1-3H3. The van der Waals surface area contributed by atoms with Crippen LogP contribution in [0.4, 0.5) is 10.1 Å². The van der Waals surface area contributed by atoms with Gasteiger partial charge in [-0.15, -0.1) is 0 Å². The van der Waals surface area contributed by atoms with Crippen molar-refractivity contribution in [2.45, 2.75) is 46.1 Å². The lowest BCUT2D eigenvalue weighted by molar-refractivity contribution is 0.253. The van der Waals surface area contributed by atoms with Crippen molar-refractivity contribution >= 4 is 5.69 Å². The largest absolute Gasteiger partial charge is 0.380 e. The molecular formula is C15H22FN. The third-order valence-corrected chi connectivity index (χ3v) is 4.24. The molecule has 1 fully saturated rings. The fraction of sp³-hybridized carbons (Fsp3) is 0.600. The van der Waals surface area contributed by atoms with Gasteiger partial charge < -0.3 is 5.32 Å². The van der Waals surface area contributed by atoms with Gasteiger partial charge in [0, 0.05) is 6.04 Å². The highest BCUT2D eigenvalue weighted by atomic mass is 19.1. The van der Waals surface area contributed by atoms with Crippen LogP contribution in [-0.4, -0.2) is 6.04 Å². The molecule has 0 radical (unpaired) electrons. The van der Waals surface area contributed by atoms with Crippen LogP contribution >= 0.6 is 0 Å². The third-order valence-electron chi connectivity index (χ3n) is 4.24. The van der Waals surface area contributed by atoms with E-state index in [4.69, 9.17) is 0 Å². The van der Waals surface area contributed by atoms with E-state index in [0.29, 0.717) is 23.2 Å². The minimum absolute atomic E-state index is 0.0991. The van der Waals surface area contributed by atoms with E-state index >= 15 is 0 Å². The maximum absolute atomic E-state index is 13.9. The van der Waals surface area contributed by atoms with Crippen LogP contribution in [0.5, 0.6) is 0 Å². The number of hydrogen-bond donors (Lipinski definition) is 1. The molecule has 0 spiro atoms. The first-order valence-electron chi connectivity index (χ1n) is 6.61. The lowest BCUT2D eigenvalue weighted by Crippen LogP contribution is -2.35. The van der Waals surface area contributed by atoms with Gasteiger partial charge in [0.1, 0.15) is 5.82 Å². The minimum atomic E-state index is -0.0991. The molecule has 0 aliphatic heterocycles. The van der Waals surface area contributed by atoms with Crippen LogP contribution in [0.15, 0.2) is 18.2 Å². The maximum Gasteiger partial charge on any atom is 0.149 e. The van der Waals surface area contributed by atoms with Gasteiger partial charge in [-0.05, 0) is 36.8 Å². The van der Waals surface area contributed by atoms with Gasteiger partial charge in [-0.3, -0.25) is 0 Å². The molecule has 0 aromatic heterocycles. The highest BCUT2D eigenvalue weighted by Crippen LogP contribution is 2.32. The van der Waals surface area contributed by atoms with Gasteiger partial charge in [-0.25, -0.2) is 4.39 Å². The molecule has 2 rings (SSSR count). The van der Waals surface area contributed by atoms with Crippen LogP contribution in [0.2, 0.25) is 0 Å². The zero-order valence-corrected chi connectivity index (χ0v) is 11.0. The molecule has 0 amide bonds. The van der Waals surface area contributed by atoms with E-state index in [2.05, 4.69) is 19.2 Å². The molecule has 1 nitrogen and oxygen atoms in total. The predicted octanol–water partition coefficient (Wildman–Crippen LogP) is 4.37. The van der Waals surface area contributed by atoms with Gasteiger partial charge in [-0.2, -0.15) is 0 Å². The van der Waals surface area contributed by atoms with Gasteiger partial charge in [0.2, 0.25) is 0 Å². The Hall–Kier alpha value is -1.05. The summed E-state index contributed by atoms with van der Waals surface area (Å²) in [5, 5.41) is 3.40. The average molecular weight is 235 g/mol. The molecule has 3 atom stereocenters. The smallest absolute Gasteiger partial charge is 0.149 e. The first-order chi connectivity index (χ1) is 8.09. The van der Waals surface area contributed by atoms with Crippen LogP contribution in [0.1, 0.15) is 38.7 Å². The molecule has 2 heteroatoms. The highest BCUT2D eigenvalue weighted by Gasteiger charge is 2.27. The second-order valence-corrected chi connectivity index (χ2v) is 5.45. The number of benzene rings is 1. The zero-order chi connectivity index (χ0) is 12.4. The topological polar surface area (TPSA) is 12.0 Å². The van der Waals surface area contributed by atoms with Gasteiger partial charge >= 0.3 is 0 Å². The lowest BCUT2D eigenvalue weighted by atomic mass is 9.78. The van der Waals surface area contributed by atoms with Crippen molar-refractivity contribution in [1.82, 2.24) is 0 Å². The third kappa shape index (κ3) is 2.62. The van der Waals surface area contributed by atoms with Crippen molar-refractivity contribution in [3.8, 4) is 0 Å². The van der Waals surface area contributed by atoms with E-state index < -0.39 is 0 Å². The lowest BCUT2D eigenvalue weighted by Gasteiger charge is -2.35.